The number of ether oxygens (including phenoxy) is 2. The molecule has 2 heterocycles. The van der Waals surface area contributed by atoms with Crippen molar-refractivity contribution in [1.82, 2.24) is 0 Å². The molecule has 0 aliphatic carbocycles. The topological polar surface area (TPSA) is 98.5 Å². The molecule has 0 amide bonds. The first-order chi connectivity index (χ1) is 16.4. The number of aryl methyl sites for hydroxylation is 1. The third-order valence-corrected chi connectivity index (χ3v) is 6.45. The second kappa shape index (κ2) is 8.45. The number of hydrogen-bond donors (Lipinski definition) is 1. The van der Waals surface area contributed by atoms with E-state index in [0.29, 0.717) is 32.5 Å². The summed E-state index contributed by atoms with van der Waals surface area (Å²) in [5.41, 5.74) is 8.99. The average Bonchev–Trinajstić information content (AvgIpc) is 3.16. The summed E-state index contributed by atoms with van der Waals surface area (Å²) < 4.78 is 17.0. The number of fused-ring (bicyclic) bond motifs is 2. The van der Waals surface area contributed by atoms with E-state index in [1.54, 1.807) is 49.4 Å². The average molecular weight is 491 g/mol. The van der Waals surface area contributed by atoms with E-state index in [-0.39, 0.29) is 23.0 Å². The van der Waals surface area contributed by atoms with Crippen LogP contribution in [0.4, 0.5) is 0 Å². The maximum atomic E-state index is 12.8. The molecule has 0 saturated carbocycles. The van der Waals surface area contributed by atoms with Crippen molar-refractivity contribution in [2.24, 2.45) is 5.73 Å². The molecule has 8 heteroatoms. The van der Waals surface area contributed by atoms with Gasteiger partial charge in [0, 0.05) is 22.6 Å². The fraction of sp³-hybridized carbons (Fsp3) is 0.0769. The predicted molar refractivity (Wildman–Crippen MR) is 128 cm³/mol. The number of para-hydroxylation sites is 1. The molecule has 0 radical (unpaired) electrons. The Bertz CT molecular complexity index is 1550. The molecular formula is C26H16Cl2N2O4. The molecule has 1 aliphatic rings. The van der Waals surface area contributed by atoms with Crippen molar-refractivity contribution >= 4 is 40.1 Å². The molecular weight excluding hydrogens is 475 g/mol. The van der Waals surface area contributed by atoms with E-state index in [9.17, 15) is 10.1 Å². The van der Waals surface area contributed by atoms with Crippen LogP contribution in [0.5, 0.6) is 11.5 Å². The normalized spacial score (nSPS) is 14.9. The Morgan fingerprint density at radius 3 is 2.62 bits per heavy atom. The summed E-state index contributed by atoms with van der Waals surface area (Å²) in [4.78, 5) is 12.8. The minimum absolute atomic E-state index is 0.0392. The first-order valence-electron chi connectivity index (χ1n) is 10.2. The number of nitriles is 1. The zero-order chi connectivity index (χ0) is 24.0. The van der Waals surface area contributed by atoms with Gasteiger partial charge in [-0.05, 0) is 36.8 Å². The fourth-order valence-electron chi connectivity index (χ4n) is 4.06. The van der Waals surface area contributed by atoms with Gasteiger partial charge in [-0.3, -0.25) is 0 Å². The number of nitrogens with two attached hydrogens (primary N) is 1. The van der Waals surface area contributed by atoms with Crippen LogP contribution in [0.2, 0.25) is 10.0 Å². The van der Waals surface area contributed by atoms with Crippen molar-refractivity contribution < 1.29 is 18.7 Å². The maximum Gasteiger partial charge on any atom is 0.379 e. The number of carbonyl (C=O) groups excluding carboxylic acids is 1. The summed E-state index contributed by atoms with van der Waals surface area (Å²) in [5, 5.41) is 11.3. The summed E-state index contributed by atoms with van der Waals surface area (Å²) in [7, 11) is 0. The third kappa shape index (κ3) is 3.65. The van der Waals surface area contributed by atoms with Gasteiger partial charge in [-0.1, -0.05) is 53.5 Å². The SMILES string of the molecule is Cc1c(C(=O)Oc2ccc3c(c2)OC(N)=C(C#N)C3c2ccc(Cl)c(Cl)c2)oc2ccccc12. The molecule has 168 valence electrons. The molecule has 6 nitrogen and oxygen atoms in total. The van der Waals surface area contributed by atoms with Crippen molar-refractivity contribution in [3.05, 3.63) is 105 Å². The van der Waals surface area contributed by atoms with Crippen LogP contribution in [-0.2, 0) is 0 Å². The van der Waals surface area contributed by atoms with Crippen LogP contribution in [0, 0.1) is 18.3 Å². The van der Waals surface area contributed by atoms with Crippen LogP contribution in [0.3, 0.4) is 0 Å². The molecule has 1 aromatic heterocycles. The van der Waals surface area contributed by atoms with Gasteiger partial charge in [0.15, 0.2) is 0 Å². The highest BCUT2D eigenvalue weighted by Gasteiger charge is 2.31. The number of allylic oxidation sites excluding steroid dienone is 1. The number of furan rings is 1. The fourth-order valence-corrected chi connectivity index (χ4v) is 4.36. The van der Waals surface area contributed by atoms with E-state index in [1.807, 2.05) is 18.2 Å². The summed E-state index contributed by atoms with van der Waals surface area (Å²) in [6.45, 7) is 1.80. The van der Waals surface area contributed by atoms with E-state index < -0.39 is 11.9 Å². The van der Waals surface area contributed by atoms with Crippen LogP contribution >= 0.6 is 23.2 Å². The van der Waals surface area contributed by atoms with Gasteiger partial charge in [-0.2, -0.15) is 5.26 Å². The predicted octanol–water partition coefficient (Wildman–Crippen LogP) is 6.49. The summed E-state index contributed by atoms with van der Waals surface area (Å²) in [6, 6.07) is 19.5. The Hall–Kier alpha value is -3.92. The number of rotatable bonds is 3. The van der Waals surface area contributed by atoms with E-state index >= 15 is 0 Å². The maximum absolute atomic E-state index is 12.8. The van der Waals surface area contributed by atoms with Crippen LogP contribution in [0.1, 0.15) is 33.2 Å². The van der Waals surface area contributed by atoms with Crippen molar-refractivity contribution in [2.75, 3.05) is 0 Å². The van der Waals surface area contributed by atoms with E-state index in [2.05, 4.69) is 6.07 Å². The molecule has 1 atom stereocenters. The second-order valence-electron chi connectivity index (χ2n) is 7.74. The first-order valence-corrected chi connectivity index (χ1v) is 11.0. The zero-order valence-electron chi connectivity index (χ0n) is 17.8. The van der Waals surface area contributed by atoms with Crippen molar-refractivity contribution in [1.29, 1.82) is 5.26 Å². The van der Waals surface area contributed by atoms with Crippen LogP contribution in [0.15, 0.2) is 76.5 Å². The molecule has 3 aromatic carbocycles. The van der Waals surface area contributed by atoms with Gasteiger partial charge in [0.1, 0.15) is 28.7 Å². The first kappa shape index (κ1) is 21.9. The summed E-state index contributed by atoms with van der Waals surface area (Å²) >= 11 is 12.3. The van der Waals surface area contributed by atoms with Crippen LogP contribution in [0.25, 0.3) is 11.0 Å². The number of nitrogens with zero attached hydrogens (tertiary/aromatic N) is 1. The Balaban J connectivity index is 1.50. The molecule has 0 fully saturated rings. The minimum atomic E-state index is -0.633. The van der Waals surface area contributed by atoms with E-state index in [4.69, 9.17) is 42.8 Å². The quantitative estimate of drug-likeness (QED) is 0.260. The van der Waals surface area contributed by atoms with Crippen molar-refractivity contribution in [2.45, 2.75) is 12.8 Å². The molecule has 5 rings (SSSR count). The third-order valence-electron chi connectivity index (χ3n) is 5.71. The Kier molecular flexibility index (Phi) is 5.45. The summed E-state index contributed by atoms with van der Waals surface area (Å²) in [6.07, 6.45) is 0. The lowest BCUT2D eigenvalue weighted by Crippen LogP contribution is -2.21. The van der Waals surface area contributed by atoms with Crippen molar-refractivity contribution in [3.8, 4) is 17.6 Å². The van der Waals surface area contributed by atoms with Gasteiger partial charge in [0.25, 0.3) is 0 Å². The van der Waals surface area contributed by atoms with Gasteiger partial charge in [0.2, 0.25) is 11.6 Å². The van der Waals surface area contributed by atoms with Crippen LogP contribution < -0.4 is 15.2 Å². The van der Waals surface area contributed by atoms with Crippen LogP contribution in [-0.4, -0.2) is 5.97 Å². The lowest BCUT2D eigenvalue weighted by molar-refractivity contribution is 0.0702. The number of hydrogen-bond acceptors (Lipinski definition) is 6. The summed E-state index contributed by atoms with van der Waals surface area (Å²) in [5.74, 6) is -0.469. The zero-order valence-corrected chi connectivity index (χ0v) is 19.3. The smallest absolute Gasteiger partial charge is 0.379 e. The standard InChI is InChI=1S/C26H16Cl2N2O4/c1-13-16-4-2-3-5-21(16)33-24(13)26(31)32-15-7-8-17-22(11-15)34-25(30)18(12-29)23(17)14-6-9-19(27)20(28)10-14/h2-11,23H,30H2,1H3. The molecule has 1 aliphatic heterocycles. The van der Waals surface area contributed by atoms with Gasteiger partial charge < -0.3 is 19.6 Å². The number of halogens is 2. The Morgan fingerprint density at radius 1 is 1.09 bits per heavy atom. The Labute approximate surface area is 204 Å². The van der Waals surface area contributed by atoms with Gasteiger partial charge in [-0.25, -0.2) is 4.79 Å². The number of esters is 1. The van der Waals surface area contributed by atoms with E-state index in [0.717, 1.165) is 10.9 Å². The van der Waals surface area contributed by atoms with Gasteiger partial charge >= 0.3 is 5.97 Å². The molecule has 2 N–H and O–H groups in total. The monoisotopic (exact) mass is 490 g/mol. The molecule has 34 heavy (non-hydrogen) atoms. The van der Waals surface area contributed by atoms with Crippen molar-refractivity contribution in [3.63, 3.8) is 0 Å². The highest BCUT2D eigenvalue weighted by atomic mass is 35.5. The van der Waals surface area contributed by atoms with Gasteiger partial charge in [-0.15, -0.1) is 0 Å². The molecule has 0 spiro atoms. The molecule has 0 bridgehead atoms. The molecule has 1 unspecified atom stereocenters. The largest absolute Gasteiger partial charge is 0.449 e. The number of carbonyl (C=O) groups is 1. The highest BCUT2D eigenvalue weighted by Crippen LogP contribution is 2.44. The highest BCUT2D eigenvalue weighted by molar-refractivity contribution is 6.42. The lowest BCUT2D eigenvalue weighted by Gasteiger charge is -2.27. The lowest BCUT2D eigenvalue weighted by atomic mass is 9.83. The molecule has 4 aromatic rings. The van der Waals surface area contributed by atoms with E-state index in [1.165, 1.54) is 0 Å². The molecule has 0 saturated heterocycles. The van der Waals surface area contributed by atoms with Gasteiger partial charge in [0.05, 0.1) is 16.0 Å². The second-order valence-corrected chi connectivity index (χ2v) is 8.55. The Morgan fingerprint density at radius 2 is 1.88 bits per heavy atom. The minimum Gasteiger partial charge on any atom is -0.449 e. The number of benzene rings is 3.